The van der Waals surface area contributed by atoms with Gasteiger partial charge < -0.3 is 24.6 Å². The van der Waals surface area contributed by atoms with E-state index in [9.17, 15) is 19.4 Å². The second-order valence-corrected chi connectivity index (χ2v) is 12.6. The third-order valence-corrected chi connectivity index (χ3v) is 8.06. The summed E-state index contributed by atoms with van der Waals surface area (Å²) in [6, 6.07) is 13.4. The van der Waals surface area contributed by atoms with Crippen molar-refractivity contribution in [2.24, 2.45) is 0 Å². The van der Waals surface area contributed by atoms with Gasteiger partial charge >= 0.3 is 5.97 Å². The van der Waals surface area contributed by atoms with Gasteiger partial charge in [0.05, 0.1) is 40.3 Å². The molecule has 1 aliphatic heterocycles. The molecule has 1 fully saturated rings. The quantitative estimate of drug-likeness (QED) is 0.194. The maximum atomic E-state index is 14.7. The minimum atomic E-state index is -1.20. The molecule has 8 nitrogen and oxygen atoms in total. The smallest absolute Gasteiger partial charge is 0.337 e. The lowest BCUT2D eigenvalue weighted by molar-refractivity contribution is -0.160. The summed E-state index contributed by atoms with van der Waals surface area (Å²) in [6.07, 6.45) is 3.86. The normalized spacial score (nSPS) is 15.8. The molecule has 0 aliphatic carbocycles. The number of aromatic hydroxyl groups is 1. The lowest BCUT2D eigenvalue weighted by atomic mass is 9.91. The van der Waals surface area contributed by atoms with Gasteiger partial charge in [0, 0.05) is 30.4 Å². The van der Waals surface area contributed by atoms with Gasteiger partial charge in [-0.3, -0.25) is 0 Å². The number of hydrogen-bond donors (Lipinski definition) is 2. The average molecular weight is 602 g/mol. The highest BCUT2D eigenvalue weighted by atomic mass is 19.1. The highest BCUT2D eigenvalue weighted by Gasteiger charge is 2.37. The molecule has 5 rings (SSSR count). The molecule has 0 bridgehead atoms. The summed E-state index contributed by atoms with van der Waals surface area (Å²) in [7, 11) is 0. The van der Waals surface area contributed by atoms with Crippen molar-refractivity contribution in [2.45, 2.75) is 64.8 Å². The number of piperidine rings is 1. The fourth-order valence-corrected chi connectivity index (χ4v) is 5.88. The number of carboxylic acids is 1. The largest absolute Gasteiger partial charge is 0.507 e. The minimum Gasteiger partial charge on any atom is -0.507 e. The van der Waals surface area contributed by atoms with Crippen LogP contribution in [0.15, 0.2) is 67.4 Å². The zero-order valence-electron chi connectivity index (χ0n) is 25.9. The second kappa shape index (κ2) is 12.1. The van der Waals surface area contributed by atoms with Crippen LogP contribution >= 0.6 is 0 Å². The summed E-state index contributed by atoms with van der Waals surface area (Å²) in [4.78, 5) is 14.9. The van der Waals surface area contributed by atoms with E-state index in [-0.39, 0.29) is 16.9 Å². The molecule has 4 aromatic rings. The highest BCUT2D eigenvalue weighted by Crippen LogP contribution is 2.42. The first-order valence-electron chi connectivity index (χ1n) is 14.8. The number of anilines is 1. The van der Waals surface area contributed by atoms with Crippen LogP contribution in [0.1, 0.15) is 57.8 Å². The summed E-state index contributed by atoms with van der Waals surface area (Å²) in [6.45, 7) is 15.0. The van der Waals surface area contributed by atoms with Crippen molar-refractivity contribution in [3.05, 3.63) is 84.3 Å². The van der Waals surface area contributed by atoms with E-state index < -0.39 is 23.5 Å². The molecule has 1 unspecified atom stereocenters. The van der Waals surface area contributed by atoms with Crippen LogP contribution in [0.4, 0.5) is 10.1 Å². The SMILES string of the molecule is C=CCOC1(C)CCN(c2c(C(OC(C)(C)C)C(=O)O)c(C)cn3nc(-c4cccc(-c5c(O)cccc5F)c4)cc23)CC1. The van der Waals surface area contributed by atoms with Crippen LogP contribution in [0.2, 0.25) is 0 Å². The predicted octanol–water partition coefficient (Wildman–Crippen LogP) is 7.32. The number of ether oxygens (including phenoxy) is 2. The molecule has 2 aromatic heterocycles. The Hall–Kier alpha value is -4.21. The van der Waals surface area contributed by atoms with Crippen molar-refractivity contribution in [1.29, 1.82) is 0 Å². The number of aliphatic carboxylic acids is 1. The number of phenols is 1. The molecular weight excluding hydrogens is 561 g/mol. The Morgan fingerprint density at radius 3 is 2.48 bits per heavy atom. The van der Waals surface area contributed by atoms with E-state index in [2.05, 4.69) is 18.4 Å². The molecule has 44 heavy (non-hydrogen) atoms. The molecule has 0 spiro atoms. The number of phenolic OH excluding ortho intramolecular Hbond substituents is 1. The van der Waals surface area contributed by atoms with Crippen LogP contribution in [0.25, 0.3) is 27.9 Å². The molecule has 9 heteroatoms. The van der Waals surface area contributed by atoms with Crippen molar-refractivity contribution in [2.75, 3.05) is 24.6 Å². The fourth-order valence-electron chi connectivity index (χ4n) is 5.88. The number of carboxylic acid groups (broad SMARTS) is 1. The number of hydrogen-bond acceptors (Lipinski definition) is 6. The number of nitrogens with zero attached hydrogens (tertiary/aromatic N) is 3. The molecule has 1 atom stereocenters. The summed E-state index contributed by atoms with van der Waals surface area (Å²) in [5, 5.41) is 25.7. The number of aromatic nitrogens is 2. The van der Waals surface area contributed by atoms with Crippen molar-refractivity contribution in [3.8, 4) is 28.1 Å². The van der Waals surface area contributed by atoms with Gasteiger partial charge in [0.25, 0.3) is 0 Å². The van der Waals surface area contributed by atoms with E-state index >= 15 is 0 Å². The van der Waals surface area contributed by atoms with E-state index in [1.165, 1.54) is 18.2 Å². The lowest BCUT2D eigenvalue weighted by Gasteiger charge is -2.41. The van der Waals surface area contributed by atoms with E-state index in [1.54, 1.807) is 28.8 Å². The van der Waals surface area contributed by atoms with Gasteiger partial charge in [-0.25, -0.2) is 13.7 Å². The number of aryl methyl sites for hydroxylation is 1. The van der Waals surface area contributed by atoms with E-state index in [1.807, 2.05) is 46.0 Å². The van der Waals surface area contributed by atoms with Crippen LogP contribution in [0.3, 0.4) is 0 Å². The molecule has 0 saturated carbocycles. The van der Waals surface area contributed by atoms with Gasteiger partial charge in [-0.1, -0.05) is 30.3 Å². The molecular formula is C35H40FN3O5. The summed E-state index contributed by atoms with van der Waals surface area (Å²) < 4.78 is 28.7. The van der Waals surface area contributed by atoms with Gasteiger partial charge in [0.1, 0.15) is 11.6 Å². The molecule has 1 saturated heterocycles. The number of pyridine rings is 1. The van der Waals surface area contributed by atoms with Crippen LogP contribution < -0.4 is 4.90 Å². The second-order valence-electron chi connectivity index (χ2n) is 12.6. The Balaban J connectivity index is 1.66. The number of fused-ring (bicyclic) bond motifs is 1. The number of carbonyl (C=O) groups is 1. The van der Waals surface area contributed by atoms with Crippen LogP contribution in [0, 0.1) is 12.7 Å². The van der Waals surface area contributed by atoms with Crippen molar-refractivity contribution >= 4 is 17.2 Å². The van der Waals surface area contributed by atoms with Crippen LogP contribution in [-0.2, 0) is 14.3 Å². The fraction of sp³-hybridized carbons (Fsp3) is 0.371. The molecule has 232 valence electrons. The van der Waals surface area contributed by atoms with Crippen molar-refractivity contribution in [3.63, 3.8) is 0 Å². The van der Waals surface area contributed by atoms with E-state index in [0.29, 0.717) is 36.5 Å². The Morgan fingerprint density at radius 1 is 1.16 bits per heavy atom. The Kier molecular flexibility index (Phi) is 8.55. The molecule has 2 aromatic carbocycles. The van der Waals surface area contributed by atoms with Crippen molar-refractivity contribution < 1.29 is 28.9 Å². The zero-order valence-corrected chi connectivity index (χ0v) is 25.9. The zero-order chi connectivity index (χ0) is 31.8. The predicted molar refractivity (Wildman–Crippen MR) is 170 cm³/mol. The summed E-state index contributed by atoms with van der Waals surface area (Å²) in [5.74, 6) is -1.73. The Labute approximate surface area is 257 Å². The maximum absolute atomic E-state index is 14.7. The van der Waals surface area contributed by atoms with Gasteiger partial charge in [-0.15, -0.1) is 6.58 Å². The molecule has 0 radical (unpaired) electrons. The standard InChI is InChI=1S/C35H40FN3O5/c1-7-18-43-35(6)14-16-38(17-15-35)31-27-20-26(23-10-8-11-24(19-23)30-25(36)12-9-13-28(30)40)37-39(27)21-22(2)29(31)32(33(41)42)44-34(3,4)5/h7-13,19-21,32,40H,1,14-18H2,2-6H3,(H,41,42). The lowest BCUT2D eigenvalue weighted by Crippen LogP contribution is -2.45. The van der Waals surface area contributed by atoms with Gasteiger partial charge in [0.15, 0.2) is 6.10 Å². The first-order valence-corrected chi connectivity index (χ1v) is 14.8. The number of halogens is 1. The van der Waals surface area contributed by atoms with Gasteiger partial charge in [-0.05, 0) is 82.9 Å². The topological polar surface area (TPSA) is 96.5 Å². The molecule has 3 heterocycles. The van der Waals surface area contributed by atoms with Gasteiger partial charge in [-0.2, -0.15) is 5.10 Å². The monoisotopic (exact) mass is 601 g/mol. The first kappa shape index (κ1) is 31.2. The van der Waals surface area contributed by atoms with E-state index in [4.69, 9.17) is 14.6 Å². The maximum Gasteiger partial charge on any atom is 0.337 e. The Bertz CT molecular complexity index is 1680. The molecule has 1 aliphatic rings. The summed E-state index contributed by atoms with van der Waals surface area (Å²) >= 11 is 0. The highest BCUT2D eigenvalue weighted by molar-refractivity contribution is 5.87. The number of rotatable bonds is 9. The minimum absolute atomic E-state index is 0.121. The van der Waals surface area contributed by atoms with Gasteiger partial charge in [0.2, 0.25) is 0 Å². The average Bonchev–Trinajstić information content (AvgIpc) is 3.38. The van der Waals surface area contributed by atoms with Crippen molar-refractivity contribution in [1.82, 2.24) is 9.61 Å². The number of benzene rings is 2. The summed E-state index contributed by atoms with van der Waals surface area (Å²) in [5.41, 5.74) is 3.79. The molecule has 0 amide bonds. The molecule has 2 N–H and O–H groups in total. The third kappa shape index (κ3) is 6.34. The van der Waals surface area contributed by atoms with E-state index in [0.717, 1.165) is 35.2 Å². The Morgan fingerprint density at radius 2 is 1.84 bits per heavy atom. The first-order chi connectivity index (χ1) is 20.8. The third-order valence-electron chi connectivity index (χ3n) is 8.06. The van der Waals surface area contributed by atoms with Crippen LogP contribution in [0.5, 0.6) is 5.75 Å². The van der Waals surface area contributed by atoms with Crippen LogP contribution in [-0.4, -0.2) is 56.7 Å².